The topological polar surface area (TPSA) is 17.1 Å². The molecule has 0 aliphatic heterocycles. The van der Waals surface area contributed by atoms with Crippen LogP contribution in [0, 0.1) is 5.92 Å². The SMILES string of the molecule is CCC(=O)/C=C/C=C/CC(C)C. The maximum absolute atomic E-state index is 10.8. The van der Waals surface area contributed by atoms with E-state index in [0.29, 0.717) is 12.3 Å². The maximum atomic E-state index is 10.8. The van der Waals surface area contributed by atoms with E-state index >= 15 is 0 Å². The highest BCUT2D eigenvalue weighted by atomic mass is 16.1. The number of hydrogen-bond acceptors (Lipinski definition) is 1. The van der Waals surface area contributed by atoms with Gasteiger partial charge >= 0.3 is 0 Å². The van der Waals surface area contributed by atoms with Gasteiger partial charge in [0.25, 0.3) is 0 Å². The Hall–Kier alpha value is -0.850. The minimum Gasteiger partial charge on any atom is -0.295 e. The Morgan fingerprint density at radius 1 is 1.33 bits per heavy atom. The summed E-state index contributed by atoms with van der Waals surface area (Å²) in [6.45, 7) is 6.21. The summed E-state index contributed by atoms with van der Waals surface area (Å²) in [5.41, 5.74) is 0. The van der Waals surface area contributed by atoms with Gasteiger partial charge in [-0.2, -0.15) is 0 Å². The van der Waals surface area contributed by atoms with Gasteiger partial charge in [-0.05, 0) is 18.4 Å². The number of hydrogen-bond donors (Lipinski definition) is 0. The molecular weight excluding hydrogens is 148 g/mol. The summed E-state index contributed by atoms with van der Waals surface area (Å²) in [7, 11) is 0. The summed E-state index contributed by atoms with van der Waals surface area (Å²) in [6.07, 6.45) is 9.13. The van der Waals surface area contributed by atoms with E-state index in [0.717, 1.165) is 6.42 Å². The minimum absolute atomic E-state index is 0.184. The molecule has 12 heavy (non-hydrogen) atoms. The molecule has 0 bridgehead atoms. The summed E-state index contributed by atoms with van der Waals surface area (Å²) < 4.78 is 0. The van der Waals surface area contributed by atoms with Gasteiger partial charge in [0.15, 0.2) is 5.78 Å². The van der Waals surface area contributed by atoms with E-state index in [1.54, 1.807) is 6.08 Å². The summed E-state index contributed by atoms with van der Waals surface area (Å²) in [6, 6.07) is 0. The van der Waals surface area contributed by atoms with Gasteiger partial charge in [0.1, 0.15) is 0 Å². The fourth-order valence-corrected chi connectivity index (χ4v) is 0.710. The lowest BCUT2D eigenvalue weighted by Crippen LogP contribution is -1.85. The van der Waals surface area contributed by atoms with Crippen molar-refractivity contribution in [3.05, 3.63) is 24.3 Å². The van der Waals surface area contributed by atoms with E-state index < -0.39 is 0 Å². The molecule has 0 heterocycles. The molecule has 1 heteroatoms. The molecule has 1 nitrogen and oxygen atoms in total. The first-order chi connectivity index (χ1) is 5.66. The largest absolute Gasteiger partial charge is 0.295 e. The first-order valence-corrected chi connectivity index (χ1v) is 4.52. The highest BCUT2D eigenvalue weighted by Crippen LogP contribution is 1.99. The number of carbonyl (C=O) groups excluding carboxylic acids is 1. The molecule has 0 aromatic rings. The van der Waals surface area contributed by atoms with Crippen LogP contribution in [0.5, 0.6) is 0 Å². The molecule has 68 valence electrons. The molecule has 0 spiro atoms. The molecule has 0 fully saturated rings. The van der Waals surface area contributed by atoms with E-state index in [2.05, 4.69) is 19.9 Å². The lowest BCUT2D eigenvalue weighted by molar-refractivity contribution is -0.114. The Morgan fingerprint density at radius 3 is 2.50 bits per heavy atom. The van der Waals surface area contributed by atoms with E-state index in [4.69, 9.17) is 0 Å². The molecule has 0 rings (SSSR count). The monoisotopic (exact) mass is 166 g/mol. The average molecular weight is 166 g/mol. The van der Waals surface area contributed by atoms with Crippen molar-refractivity contribution in [2.24, 2.45) is 5.92 Å². The van der Waals surface area contributed by atoms with Crippen LogP contribution in [-0.4, -0.2) is 5.78 Å². The molecule has 0 radical (unpaired) electrons. The third kappa shape index (κ3) is 7.26. The summed E-state index contributed by atoms with van der Waals surface area (Å²) in [5, 5.41) is 0. The molecule has 0 aliphatic rings. The number of allylic oxidation sites excluding steroid dienone is 4. The smallest absolute Gasteiger partial charge is 0.155 e. The van der Waals surface area contributed by atoms with Crippen LogP contribution in [-0.2, 0) is 4.79 Å². The molecular formula is C11H18O. The Balaban J connectivity index is 3.59. The van der Waals surface area contributed by atoms with Gasteiger partial charge in [-0.1, -0.05) is 39.0 Å². The van der Waals surface area contributed by atoms with Gasteiger partial charge in [0.05, 0.1) is 0 Å². The zero-order valence-electron chi connectivity index (χ0n) is 8.21. The van der Waals surface area contributed by atoms with Crippen LogP contribution in [0.3, 0.4) is 0 Å². The number of carbonyl (C=O) groups is 1. The van der Waals surface area contributed by atoms with E-state index in [1.807, 2.05) is 19.1 Å². The van der Waals surface area contributed by atoms with Crippen LogP contribution < -0.4 is 0 Å². The van der Waals surface area contributed by atoms with Crippen LogP contribution in [0.4, 0.5) is 0 Å². The van der Waals surface area contributed by atoms with Gasteiger partial charge in [0, 0.05) is 6.42 Å². The maximum Gasteiger partial charge on any atom is 0.155 e. The normalized spacial score (nSPS) is 12.0. The van der Waals surface area contributed by atoms with Crippen LogP contribution >= 0.6 is 0 Å². The number of ketones is 1. The van der Waals surface area contributed by atoms with Gasteiger partial charge in [-0.3, -0.25) is 4.79 Å². The van der Waals surface area contributed by atoms with E-state index in [1.165, 1.54) is 0 Å². The number of rotatable bonds is 5. The predicted octanol–water partition coefficient (Wildman–Crippen LogP) is 3.12. The first kappa shape index (κ1) is 11.2. The lowest BCUT2D eigenvalue weighted by Gasteiger charge is -1.94. The fraction of sp³-hybridized carbons (Fsp3) is 0.545. The van der Waals surface area contributed by atoms with E-state index in [-0.39, 0.29) is 5.78 Å². The predicted molar refractivity (Wildman–Crippen MR) is 53.0 cm³/mol. The van der Waals surface area contributed by atoms with Crippen LogP contribution in [0.1, 0.15) is 33.6 Å². The Morgan fingerprint density at radius 2 is 2.00 bits per heavy atom. The molecule has 0 atom stereocenters. The molecule has 0 unspecified atom stereocenters. The standard InChI is InChI=1S/C11H18O/c1-4-11(12)9-7-5-6-8-10(2)3/h5-7,9-10H,4,8H2,1-3H3/b6-5+,9-7+. The van der Waals surface area contributed by atoms with Crippen molar-refractivity contribution in [1.29, 1.82) is 0 Å². The van der Waals surface area contributed by atoms with Crippen molar-refractivity contribution in [3.63, 3.8) is 0 Å². The van der Waals surface area contributed by atoms with Gasteiger partial charge in [0.2, 0.25) is 0 Å². The summed E-state index contributed by atoms with van der Waals surface area (Å²) in [5.74, 6) is 0.876. The van der Waals surface area contributed by atoms with Crippen LogP contribution in [0.25, 0.3) is 0 Å². The summed E-state index contributed by atoms with van der Waals surface area (Å²) in [4.78, 5) is 10.8. The Bertz CT molecular complexity index is 175. The second-order valence-electron chi connectivity index (χ2n) is 3.24. The average Bonchev–Trinajstić information content (AvgIpc) is 2.03. The highest BCUT2D eigenvalue weighted by Gasteiger charge is 1.87. The lowest BCUT2D eigenvalue weighted by atomic mass is 10.1. The van der Waals surface area contributed by atoms with E-state index in [9.17, 15) is 4.79 Å². The van der Waals surface area contributed by atoms with Crippen LogP contribution in [0.15, 0.2) is 24.3 Å². The minimum atomic E-state index is 0.184. The highest BCUT2D eigenvalue weighted by molar-refractivity contribution is 5.89. The second kappa shape index (κ2) is 6.84. The summed E-state index contributed by atoms with van der Waals surface area (Å²) >= 11 is 0. The van der Waals surface area contributed by atoms with Crippen LogP contribution in [0.2, 0.25) is 0 Å². The molecule has 0 saturated carbocycles. The van der Waals surface area contributed by atoms with Gasteiger partial charge < -0.3 is 0 Å². The first-order valence-electron chi connectivity index (χ1n) is 4.52. The second-order valence-corrected chi connectivity index (χ2v) is 3.24. The van der Waals surface area contributed by atoms with Crippen molar-refractivity contribution in [3.8, 4) is 0 Å². The molecule has 0 aromatic carbocycles. The third-order valence-corrected chi connectivity index (χ3v) is 1.49. The Labute approximate surface area is 75.2 Å². The van der Waals surface area contributed by atoms with Crippen molar-refractivity contribution in [2.45, 2.75) is 33.6 Å². The molecule has 0 aliphatic carbocycles. The molecule has 0 amide bonds. The molecule has 0 N–H and O–H groups in total. The van der Waals surface area contributed by atoms with Crippen molar-refractivity contribution in [2.75, 3.05) is 0 Å². The quantitative estimate of drug-likeness (QED) is 0.453. The van der Waals surface area contributed by atoms with Crippen molar-refractivity contribution >= 4 is 5.78 Å². The molecule has 0 saturated heterocycles. The van der Waals surface area contributed by atoms with Crippen molar-refractivity contribution in [1.82, 2.24) is 0 Å². The molecule has 0 aromatic heterocycles. The van der Waals surface area contributed by atoms with Gasteiger partial charge in [-0.15, -0.1) is 0 Å². The Kier molecular flexibility index (Phi) is 6.35. The van der Waals surface area contributed by atoms with Crippen molar-refractivity contribution < 1.29 is 4.79 Å². The zero-order chi connectivity index (χ0) is 9.40. The van der Waals surface area contributed by atoms with Gasteiger partial charge in [-0.25, -0.2) is 0 Å². The third-order valence-electron chi connectivity index (χ3n) is 1.49. The fourth-order valence-electron chi connectivity index (χ4n) is 0.710. The zero-order valence-corrected chi connectivity index (χ0v) is 8.21.